The summed E-state index contributed by atoms with van der Waals surface area (Å²) in [5.74, 6) is 0. The van der Waals surface area contributed by atoms with E-state index in [1.54, 1.807) is 0 Å². The van der Waals surface area contributed by atoms with Gasteiger partial charge in [0.2, 0.25) is 0 Å². The Morgan fingerprint density at radius 3 is 2.44 bits per heavy atom. The molecule has 2 N–H and O–H groups in total. The monoisotopic (exact) mass is 131 g/mol. The van der Waals surface area contributed by atoms with Gasteiger partial charge >= 0.3 is 0 Å². The molecule has 2 atom stereocenters. The number of hydrogen-bond donors (Lipinski definition) is 2. The Balaban J connectivity index is 3.82. The average molecular weight is 131 g/mol. The molecule has 0 saturated heterocycles. The lowest BCUT2D eigenvalue weighted by Gasteiger charge is -2.08. The summed E-state index contributed by atoms with van der Waals surface area (Å²) in [6.45, 7) is 1.14. The Morgan fingerprint density at radius 2 is 2.33 bits per heavy atom. The molecule has 0 heterocycles. The molecule has 52 valence electrons. The van der Waals surface area contributed by atoms with Crippen LogP contribution in [0.25, 0.3) is 10.4 Å². The Labute approximate surface area is 52.6 Å². The number of azide groups is 1. The lowest BCUT2D eigenvalue weighted by atomic mass is 10.2. The van der Waals surface area contributed by atoms with Crippen molar-refractivity contribution >= 4 is 0 Å². The molecule has 0 aromatic carbocycles. The minimum absolute atomic E-state index is 0.318. The van der Waals surface area contributed by atoms with Crippen molar-refractivity contribution in [2.75, 3.05) is 6.61 Å². The van der Waals surface area contributed by atoms with Crippen molar-refractivity contribution < 1.29 is 10.2 Å². The molecular formula is C4H9N3O2. The van der Waals surface area contributed by atoms with Crippen LogP contribution in [0.1, 0.15) is 6.92 Å². The lowest BCUT2D eigenvalue weighted by Crippen LogP contribution is -2.23. The normalized spacial score (nSPS) is 15.9. The molecule has 9 heavy (non-hydrogen) atoms. The summed E-state index contributed by atoms with van der Waals surface area (Å²) in [4.78, 5) is 2.43. The molecule has 0 aliphatic heterocycles. The van der Waals surface area contributed by atoms with Crippen LogP contribution in [0, 0.1) is 0 Å². The van der Waals surface area contributed by atoms with Crippen molar-refractivity contribution in [2.45, 2.75) is 19.1 Å². The number of aliphatic hydroxyl groups excluding tert-OH is 2. The number of rotatable bonds is 3. The minimum atomic E-state index is -0.786. The number of hydrogen-bond acceptors (Lipinski definition) is 3. The quantitative estimate of drug-likeness (QED) is 0.321. The second-order valence-corrected chi connectivity index (χ2v) is 1.70. The molecular weight excluding hydrogens is 122 g/mol. The van der Waals surface area contributed by atoms with E-state index in [4.69, 9.17) is 15.7 Å². The van der Waals surface area contributed by atoms with Crippen molar-refractivity contribution in [3.8, 4) is 0 Å². The zero-order valence-corrected chi connectivity index (χ0v) is 5.10. The number of aliphatic hydroxyl groups is 2. The smallest absolute Gasteiger partial charge is 0.0861 e. The van der Waals surface area contributed by atoms with Gasteiger partial charge in [-0.1, -0.05) is 5.11 Å². The molecule has 0 spiro atoms. The molecule has 0 aliphatic carbocycles. The summed E-state index contributed by atoms with van der Waals surface area (Å²) in [5, 5.41) is 20.2. The third-order valence-corrected chi connectivity index (χ3v) is 0.944. The van der Waals surface area contributed by atoms with Gasteiger partial charge in [-0.15, -0.1) is 0 Å². The molecule has 0 amide bonds. The van der Waals surface area contributed by atoms with Crippen molar-refractivity contribution in [3.63, 3.8) is 0 Å². The number of nitrogens with zero attached hydrogens (tertiary/aromatic N) is 3. The van der Waals surface area contributed by atoms with Gasteiger partial charge in [-0.05, 0) is 12.5 Å². The molecule has 5 nitrogen and oxygen atoms in total. The highest BCUT2D eigenvalue weighted by molar-refractivity contribution is 4.70. The van der Waals surface area contributed by atoms with Crippen LogP contribution < -0.4 is 0 Å². The second-order valence-electron chi connectivity index (χ2n) is 1.70. The van der Waals surface area contributed by atoms with Crippen LogP contribution >= 0.6 is 0 Å². The molecule has 0 bridgehead atoms. The van der Waals surface area contributed by atoms with Gasteiger partial charge < -0.3 is 10.2 Å². The second kappa shape index (κ2) is 4.14. The van der Waals surface area contributed by atoms with Crippen LogP contribution in [0.4, 0.5) is 0 Å². The van der Waals surface area contributed by atoms with Crippen LogP contribution in [-0.2, 0) is 0 Å². The van der Waals surface area contributed by atoms with Crippen LogP contribution in [0.3, 0.4) is 0 Å². The standard InChI is InChI=1S/C4H9N3O2/c1-3(9)4(2-8)6-7-5/h3-4,8-9H,2H2,1H3. The first-order chi connectivity index (χ1) is 4.22. The predicted octanol–water partition coefficient (Wildman–Crippen LogP) is 0.0384. The maximum absolute atomic E-state index is 8.72. The zero-order chi connectivity index (χ0) is 7.28. The summed E-state index contributed by atoms with van der Waals surface area (Å²) in [7, 11) is 0. The molecule has 0 saturated carbocycles. The molecule has 5 heteroatoms. The van der Waals surface area contributed by atoms with E-state index in [1.165, 1.54) is 6.92 Å². The van der Waals surface area contributed by atoms with Crippen LogP contribution in [0.2, 0.25) is 0 Å². The summed E-state index contributed by atoms with van der Waals surface area (Å²) >= 11 is 0. The van der Waals surface area contributed by atoms with Crippen LogP contribution in [0.5, 0.6) is 0 Å². The fourth-order valence-corrected chi connectivity index (χ4v) is 0.352. The van der Waals surface area contributed by atoms with E-state index in [2.05, 4.69) is 10.0 Å². The maximum Gasteiger partial charge on any atom is 0.0861 e. The van der Waals surface area contributed by atoms with Gasteiger partial charge in [-0.25, -0.2) is 0 Å². The van der Waals surface area contributed by atoms with E-state index in [1.807, 2.05) is 0 Å². The first-order valence-corrected chi connectivity index (χ1v) is 2.55. The van der Waals surface area contributed by atoms with Gasteiger partial charge in [0.25, 0.3) is 0 Å². The third-order valence-electron chi connectivity index (χ3n) is 0.944. The molecule has 0 radical (unpaired) electrons. The van der Waals surface area contributed by atoms with Gasteiger partial charge in [-0.3, -0.25) is 0 Å². The van der Waals surface area contributed by atoms with Gasteiger partial charge in [0, 0.05) is 4.91 Å². The minimum Gasteiger partial charge on any atom is -0.396 e. The third kappa shape index (κ3) is 2.92. The molecule has 0 aliphatic rings. The summed E-state index contributed by atoms with van der Waals surface area (Å²) in [6, 6.07) is -0.713. The van der Waals surface area contributed by atoms with Crippen molar-refractivity contribution in [1.82, 2.24) is 0 Å². The van der Waals surface area contributed by atoms with Crippen molar-refractivity contribution in [1.29, 1.82) is 0 Å². The highest BCUT2D eigenvalue weighted by atomic mass is 16.3. The van der Waals surface area contributed by atoms with Crippen LogP contribution in [0.15, 0.2) is 5.11 Å². The SMILES string of the molecule is CC(O)C(CO)N=[N+]=[N-]. The van der Waals surface area contributed by atoms with E-state index in [-0.39, 0.29) is 6.61 Å². The molecule has 0 aromatic rings. The summed E-state index contributed by atoms with van der Waals surface area (Å²) < 4.78 is 0. The van der Waals surface area contributed by atoms with Gasteiger partial charge in [0.05, 0.1) is 18.8 Å². The Bertz CT molecular complexity index is 119. The summed E-state index contributed by atoms with van der Waals surface area (Å²) in [5.41, 5.74) is 7.85. The molecule has 0 fully saturated rings. The highest BCUT2D eigenvalue weighted by Gasteiger charge is 2.09. The Morgan fingerprint density at radius 1 is 1.78 bits per heavy atom. The van der Waals surface area contributed by atoms with E-state index < -0.39 is 12.1 Å². The van der Waals surface area contributed by atoms with Crippen molar-refractivity contribution in [3.05, 3.63) is 10.4 Å². The van der Waals surface area contributed by atoms with E-state index in [9.17, 15) is 0 Å². The van der Waals surface area contributed by atoms with Gasteiger partial charge in [0.15, 0.2) is 0 Å². The first kappa shape index (κ1) is 8.23. The Kier molecular flexibility index (Phi) is 3.79. The lowest BCUT2D eigenvalue weighted by molar-refractivity contribution is 0.124. The van der Waals surface area contributed by atoms with E-state index >= 15 is 0 Å². The van der Waals surface area contributed by atoms with Crippen LogP contribution in [-0.4, -0.2) is 29.0 Å². The van der Waals surface area contributed by atoms with E-state index in [0.717, 1.165) is 0 Å². The molecule has 0 rings (SSSR count). The average Bonchev–Trinajstić information content (AvgIpc) is 1.82. The summed E-state index contributed by atoms with van der Waals surface area (Å²) in [6.07, 6.45) is -0.786. The topological polar surface area (TPSA) is 89.2 Å². The zero-order valence-electron chi connectivity index (χ0n) is 5.10. The first-order valence-electron chi connectivity index (χ1n) is 2.55. The predicted molar refractivity (Wildman–Crippen MR) is 31.7 cm³/mol. The fraction of sp³-hybridized carbons (Fsp3) is 1.00. The van der Waals surface area contributed by atoms with Gasteiger partial charge in [-0.2, -0.15) is 0 Å². The highest BCUT2D eigenvalue weighted by Crippen LogP contribution is 1.96. The largest absolute Gasteiger partial charge is 0.396 e. The fourth-order valence-electron chi connectivity index (χ4n) is 0.352. The molecule has 2 unspecified atom stereocenters. The van der Waals surface area contributed by atoms with Crippen molar-refractivity contribution in [2.24, 2.45) is 5.11 Å². The van der Waals surface area contributed by atoms with E-state index in [0.29, 0.717) is 0 Å². The molecule has 0 aromatic heterocycles. The Hall–Kier alpha value is -0.770. The maximum atomic E-state index is 8.72. The van der Waals surface area contributed by atoms with Gasteiger partial charge in [0.1, 0.15) is 0 Å².